The fraction of sp³-hybridized carbons (Fsp3) is 0.800. The Kier molecular flexibility index (Phi) is 8.13. The lowest BCUT2D eigenvalue weighted by molar-refractivity contribution is -0.250. The van der Waals surface area contributed by atoms with Gasteiger partial charge in [0.1, 0.15) is 6.10 Å². The van der Waals surface area contributed by atoms with Crippen LogP contribution in [0.3, 0.4) is 0 Å². The van der Waals surface area contributed by atoms with Gasteiger partial charge in [0.05, 0.1) is 18.6 Å². The highest BCUT2D eigenvalue weighted by atomic mass is 31.3. The standard InChI is InChI=1S/C10H17F2N2O14P3/c11-8(12)6-4(3-25-30(21,22)28-31(23,24)27-29(18,19)20)26-9(7(6)16)14-2-1-5(15)13-10(14)17/h4,6-9,16H,1-3H2,(H,21,22)(H,23,24)(H,13,15,17)(H2,18,19,20)/p-3/t4-,6-,7-,9-/m1/s1. The number of hydrogen-bond donors (Lipinski definition) is 3. The molecule has 3 amide bonds. The maximum atomic E-state index is 13.4. The molecule has 180 valence electrons. The number of nitrogens with zero attached hydrogens (tertiary/aromatic N) is 1. The molecule has 2 rings (SSSR count). The van der Waals surface area contributed by atoms with Gasteiger partial charge in [-0.05, 0) is 0 Å². The molecule has 2 aliphatic heterocycles. The fourth-order valence-corrected chi connectivity index (χ4v) is 5.65. The molecule has 2 aliphatic rings. The van der Waals surface area contributed by atoms with E-state index in [1.165, 1.54) is 0 Å². The number of ether oxygens (including phenoxy) is 1. The third kappa shape index (κ3) is 7.32. The van der Waals surface area contributed by atoms with E-state index in [0.717, 1.165) is 0 Å². The van der Waals surface area contributed by atoms with E-state index in [1.807, 2.05) is 5.32 Å². The molecule has 16 nitrogen and oxygen atoms in total. The van der Waals surface area contributed by atoms with Crippen molar-refractivity contribution >= 4 is 35.4 Å². The van der Waals surface area contributed by atoms with Crippen molar-refractivity contribution in [2.75, 3.05) is 13.2 Å². The minimum absolute atomic E-state index is 0.240. The zero-order valence-corrected chi connectivity index (χ0v) is 17.5. The second-order valence-electron chi connectivity index (χ2n) is 6.09. The average molecular weight is 517 g/mol. The first-order valence-corrected chi connectivity index (χ1v) is 12.4. The van der Waals surface area contributed by atoms with Crippen molar-refractivity contribution in [2.45, 2.75) is 31.3 Å². The number of nitrogens with one attached hydrogen (secondary N) is 1. The lowest BCUT2D eigenvalue weighted by Crippen LogP contribution is -2.56. The Balaban J connectivity index is 2.08. The lowest BCUT2D eigenvalue weighted by atomic mass is 9.98. The van der Waals surface area contributed by atoms with Crippen molar-refractivity contribution in [3.63, 3.8) is 0 Å². The SMILES string of the molecule is O=C1CCN([C@@H]2O[C@H](COP(=O)([O-])OP(=O)([O-])OP(=O)([O-])O)[C@@H](C(F)F)[C@H]2O)C(=O)N1. The van der Waals surface area contributed by atoms with Gasteiger partial charge in [-0.1, -0.05) is 0 Å². The van der Waals surface area contributed by atoms with Gasteiger partial charge in [-0.25, -0.2) is 22.2 Å². The quantitative estimate of drug-likeness (QED) is 0.264. The van der Waals surface area contributed by atoms with Crippen molar-refractivity contribution in [3.8, 4) is 0 Å². The molecule has 0 aliphatic carbocycles. The number of carbonyl (C=O) groups excluding carboxylic acids is 2. The van der Waals surface area contributed by atoms with Crippen LogP contribution in [0.1, 0.15) is 6.42 Å². The minimum Gasteiger partial charge on any atom is -0.756 e. The van der Waals surface area contributed by atoms with E-state index in [-0.39, 0.29) is 13.0 Å². The average Bonchev–Trinajstić information content (AvgIpc) is 2.86. The highest BCUT2D eigenvalue weighted by Crippen LogP contribution is 2.61. The Hall–Kier alpha value is -0.870. The Labute approximate surface area is 171 Å². The molecule has 3 unspecified atom stereocenters. The third-order valence-corrected chi connectivity index (χ3v) is 7.61. The first-order valence-electron chi connectivity index (χ1n) is 7.96. The van der Waals surface area contributed by atoms with E-state index in [9.17, 15) is 51.9 Å². The third-order valence-electron chi connectivity index (χ3n) is 3.92. The molecule has 2 heterocycles. The van der Waals surface area contributed by atoms with Crippen molar-refractivity contribution in [3.05, 3.63) is 0 Å². The van der Waals surface area contributed by atoms with Crippen LogP contribution in [-0.2, 0) is 36.4 Å². The number of aliphatic hydroxyl groups excluding tert-OH is 1. The van der Waals surface area contributed by atoms with Crippen LogP contribution in [0.2, 0.25) is 0 Å². The number of phosphoric ester groups is 1. The van der Waals surface area contributed by atoms with Crippen molar-refractivity contribution < 1.29 is 74.6 Å². The van der Waals surface area contributed by atoms with E-state index >= 15 is 0 Å². The van der Waals surface area contributed by atoms with Gasteiger partial charge < -0.3 is 33.9 Å². The number of carbonyl (C=O) groups is 2. The van der Waals surface area contributed by atoms with Crippen LogP contribution in [0, 0.1) is 5.92 Å². The molecule has 0 radical (unpaired) electrons. The summed E-state index contributed by atoms with van der Waals surface area (Å²) < 4.78 is 75.3. The van der Waals surface area contributed by atoms with Gasteiger partial charge in [-0.3, -0.25) is 28.7 Å². The largest absolute Gasteiger partial charge is 0.756 e. The maximum Gasteiger partial charge on any atom is 0.326 e. The van der Waals surface area contributed by atoms with E-state index in [2.05, 4.69) is 13.1 Å². The highest BCUT2D eigenvalue weighted by Gasteiger charge is 2.52. The topological polar surface area (TPSA) is 247 Å². The molecule has 0 aromatic rings. The molecule has 21 heteroatoms. The van der Waals surface area contributed by atoms with Gasteiger partial charge in [0.25, 0.3) is 23.5 Å². The van der Waals surface area contributed by atoms with Crippen LogP contribution in [-0.4, -0.2) is 64.9 Å². The monoisotopic (exact) mass is 517 g/mol. The molecule has 31 heavy (non-hydrogen) atoms. The van der Waals surface area contributed by atoms with Gasteiger partial charge in [0.2, 0.25) is 12.3 Å². The molecule has 3 N–H and O–H groups in total. The highest BCUT2D eigenvalue weighted by molar-refractivity contribution is 7.65. The van der Waals surface area contributed by atoms with E-state index in [4.69, 9.17) is 9.63 Å². The van der Waals surface area contributed by atoms with Gasteiger partial charge in [0, 0.05) is 13.0 Å². The normalized spacial score (nSPS) is 33.0. The first kappa shape index (κ1) is 26.4. The summed E-state index contributed by atoms with van der Waals surface area (Å²) >= 11 is 0. The number of urea groups is 1. The molecular weight excluding hydrogens is 503 g/mol. The van der Waals surface area contributed by atoms with Gasteiger partial charge >= 0.3 is 6.03 Å². The van der Waals surface area contributed by atoms with Crippen molar-refractivity contribution in [2.24, 2.45) is 5.92 Å². The number of amides is 3. The summed E-state index contributed by atoms with van der Waals surface area (Å²) in [7, 11) is -18.1. The second-order valence-corrected chi connectivity index (χ2v) is 10.4. The molecule has 0 aromatic heterocycles. The molecular formula is C10H14F2N2O14P3-3. The van der Waals surface area contributed by atoms with Crippen LogP contribution in [0.4, 0.5) is 13.6 Å². The van der Waals surface area contributed by atoms with E-state index in [1.54, 1.807) is 0 Å². The van der Waals surface area contributed by atoms with Gasteiger partial charge in [-0.2, -0.15) is 0 Å². The molecule has 0 aromatic carbocycles. The predicted octanol–water partition coefficient (Wildman–Crippen LogP) is -2.66. The Morgan fingerprint density at radius 3 is 2.32 bits per heavy atom. The molecule has 0 bridgehead atoms. The van der Waals surface area contributed by atoms with Crippen molar-refractivity contribution in [1.82, 2.24) is 10.2 Å². The number of alkyl halides is 2. The second kappa shape index (κ2) is 9.55. The number of rotatable bonds is 9. The van der Waals surface area contributed by atoms with Crippen LogP contribution >= 0.6 is 23.5 Å². The summed E-state index contributed by atoms with van der Waals surface area (Å²) in [5.74, 6) is -2.79. The number of hydrogen-bond acceptors (Lipinski definition) is 13. The summed E-state index contributed by atoms with van der Waals surface area (Å²) in [4.78, 5) is 65.0. The number of phosphoric acid groups is 3. The zero-order chi connectivity index (χ0) is 23.8. The Morgan fingerprint density at radius 1 is 1.19 bits per heavy atom. The molecule has 0 spiro atoms. The predicted molar refractivity (Wildman–Crippen MR) is 82.2 cm³/mol. The zero-order valence-electron chi connectivity index (χ0n) is 14.8. The number of imide groups is 1. The summed E-state index contributed by atoms with van der Waals surface area (Å²) in [5.41, 5.74) is 0. The smallest absolute Gasteiger partial charge is 0.326 e. The minimum atomic E-state index is -6.20. The molecule has 0 saturated carbocycles. The van der Waals surface area contributed by atoms with Crippen molar-refractivity contribution in [1.29, 1.82) is 0 Å². The molecule has 2 saturated heterocycles. The van der Waals surface area contributed by atoms with Crippen LogP contribution < -0.4 is 20.0 Å². The summed E-state index contributed by atoms with van der Waals surface area (Å²) in [6.45, 7) is -1.67. The molecule has 7 atom stereocenters. The summed E-state index contributed by atoms with van der Waals surface area (Å²) in [5, 5.41) is 12.0. The summed E-state index contributed by atoms with van der Waals surface area (Å²) in [6.07, 6.45) is -9.29. The lowest BCUT2D eigenvalue weighted by Gasteiger charge is -2.33. The number of halogens is 2. The van der Waals surface area contributed by atoms with Crippen LogP contribution in [0.5, 0.6) is 0 Å². The van der Waals surface area contributed by atoms with Gasteiger partial charge in [-0.15, -0.1) is 0 Å². The first-order chi connectivity index (χ1) is 14.0. The maximum absolute atomic E-state index is 13.4. The van der Waals surface area contributed by atoms with E-state index in [0.29, 0.717) is 4.90 Å². The van der Waals surface area contributed by atoms with Crippen LogP contribution in [0.25, 0.3) is 0 Å². The van der Waals surface area contributed by atoms with E-state index < -0.39 is 72.8 Å². The van der Waals surface area contributed by atoms with Gasteiger partial charge in [0.15, 0.2) is 6.23 Å². The Bertz CT molecular complexity index is 852. The fourth-order valence-electron chi connectivity index (χ4n) is 2.75. The molecule has 2 fully saturated rings. The summed E-state index contributed by atoms with van der Waals surface area (Å²) in [6, 6.07) is -1.07. The Morgan fingerprint density at radius 2 is 1.81 bits per heavy atom. The van der Waals surface area contributed by atoms with Crippen LogP contribution in [0.15, 0.2) is 0 Å². The number of aliphatic hydroxyl groups is 1.